The molecule has 0 radical (unpaired) electrons. The average Bonchev–Trinajstić information content (AvgIpc) is 2.11. The van der Waals surface area contributed by atoms with Crippen molar-refractivity contribution in [3.8, 4) is 0 Å². The predicted molar refractivity (Wildman–Crippen MR) is 58.4 cm³/mol. The third kappa shape index (κ3) is 3.15. The van der Waals surface area contributed by atoms with Crippen LogP contribution in [-0.4, -0.2) is 21.8 Å². The second-order valence-corrected chi connectivity index (χ2v) is 5.55. The lowest BCUT2D eigenvalue weighted by atomic mass is 10.2. The maximum absolute atomic E-state index is 13.5. The summed E-state index contributed by atoms with van der Waals surface area (Å²) in [6.07, 6.45) is 0.907. The number of benzene rings is 1. The molecule has 1 N–H and O–H groups in total. The first-order chi connectivity index (χ1) is 7.36. The molecule has 0 aromatic heterocycles. The van der Waals surface area contributed by atoms with Gasteiger partial charge >= 0.3 is 0 Å². The molecule has 90 valence electrons. The van der Waals surface area contributed by atoms with Gasteiger partial charge in [0, 0.05) is 12.8 Å². The minimum atomic E-state index is -3.66. The minimum absolute atomic E-state index is 0.129. The fourth-order valence-corrected chi connectivity index (χ4v) is 2.70. The van der Waals surface area contributed by atoms with Gasteiger partial charge in [0.15, 0.2) is 9.84 Å². The molecule has 7 heteroatoms. The number of hydroxylamine groups is 1. The van der Waals surface area contributed by atoms with E-state index in [1.807, 2.05) is 0 Å². The molecule has 1 aromatic carbocycles. The molecular weight excluding hydrogens is 257 g/mol. The van der Waals surface area contributed by atoms with E-state index in [1.54, 1.807) is 0 Å². The molecule has 0 amide bonds. The van der Waals surface area contributed by atoms with Crippen LogP contribution in [0.25, 0.3) is 0 Å². The summed E-state index contributed by atoms with van der Waals surface area (Å²) in [5.74, 6) is -0.858. The van der Waals surface area contributed by atoms with E-state index in [1.165, 1.54) is 13.2 Å². The van der Waals surface area contributed by atoms with Gasteiger partial charge in [0.05, 0.1) is 12.1 Å². The van der Waals surface area contributed by atoms with E-state index in [2.05, 4.69) is 10.3 Å². The van der Waals surface area contributed by atoms with Crippen LogP contribution in [0.4, 0.5) is 4.39 Å². The number of nitrogens with one attached hydrogen (secondary N) is 1. The Morgan fingerprint density at radius 2 is 2.12 bits per heavy atom. The molecule has 0 spiro atoms. The molecule has 0 saturated carbocycles. The largest absolute Gasteiger partial charge is 0.305 e. The number of sulfone groups is 1. The summed E-state index contributed by atoms with van der Waals surface area (Å²) in [6.45, 7) is 0.233. The van der Waals surface area contributed by atoms with E-state index in [9.17, 15) is 12.8 Å². The highest BCUT2D eigenvalue weighted by Crippen LogP contribution is 2.26. The van der Waals surface area contributed by atoms with Gasteiger partial charge in [-0.1, -0.05) is 11.6 Å². The molecule has 16 heavy (non-hydrogen) atoms. The quantitative estimate of drug-likeness (QED) is 0.841. The Morgan fingerprint density at radius 1 is 1.50 bits per heavy atom. The molecule has 0 aliphatic carbocycles. The maximum Gasteiger partial charge on any atom is 0.179 e. The summed E-state index contributed by atoms with van der Waals surface area (Å²) in [5, 5.41) is -0.129. The Bertz CT molecular complexity index is 467. The zero-order chi connectivity index (χ0) is 12.3. The second-order valence-electron chi connectivity index (χ2n) is 3.19. The lowest BCUT2D eigenvalue weighted by molar-refractivity contribution is 0.0866. The van der Waals surface area contributed by atoms with Gasteiger partial charge in [-0.15, -0.1) is 0 Å². The van der Waals surface area contributed by atoms with Gasteiger partial charge in [0.1, 0.15) is 10.7 Å². The van der Waals surface area contributed by atoms with Gasteiger partial charge in [-0.2, -0.15) is 5.48 Å². The van der Waals surface area contributed by atoms with Crippen molar-refractivity contribution in [1.82, 2.24) is 5.48 Å². The zero-order valence-electron chi connectivity index (χ0n) is 8.75. The molecule has 0 saturated heterocycles. The van der Waals surface area contributed by atoms with Crippen LogP contribution in [0.3, 0.4) is 0 Å². The fraction of sp³-hybridized carbons (Fsp3) is 0.333. The topological polar surface area (TPSA) is 55.4 Å². The highest BCUT2D eigenvalue weighted by atomic mass is 35.5. The average molecular weight is 268 g/mol. The van der Waals surface area contributed by atoms with Crippen molar-refractivity contribution < 1.29 is 17.6 Å². The van der Waals surface area contributed by atoms with Crippen molar-refractivity contribution in [1.29, 1.82) is 0 Å². The number of rotatable bonds is 4. The second kappa shape index (κ2) is 5.09. The lowest BCUT2D eigenvalue weighted by Crippen LogP contribution is -2.12. The van der Waals surface area contributed by atoms with Gasteiger partial charge in [0.2, 0.25) is 0 Å². The highest BCUT2D eigenvalue weighted by molar-refractivity contribution is 7.90. The van der Waals surface area contributed by atoms with E-state index in [0.29, 0.717) is 5.56 Å². The Kier molecular flexibility index (Phi) is 4.26. The van der Waals surface area contributed by atoms with Crippen molar-refractivity contribution in [2.45, 2.75) is 11.4 Å². The van der Waals surface area contributed by atoms with Crippen LogP contribution >= 0.6 is 11.6 Å². The molecule has 1 aromatic rings. The van der Waals surface area contributed by atoms with E-state index in [-0.39, 0.29) is 11.6 Å². The van der Waals surface area contributed by atoms with Crippen molar-refractivity contribution in [3.63, 3.8) is 0 Å². The number of hydrogen-bond acceptors (Lipinski definition) is 4. The molecule has 0 bridgehead atoms. The SMILES string of the molecule is CONCc1cc(F)c(S(C)(=O)=O)c(Cl)c1. The monoisotopic (exact) mass is 267 g/mol. The first kappa shape index (κ1) is 13.4. The maximum atomic E-state index is 13.5. The van der Waals surface area contributed by atoms with Gasteiger partial charge in [-0.3, -0.25) is 0 Å². The molecule has 4 nitrogen and oxygen atoms in total. The molecule has 0 aliphatic rings. The van der Waals surface area contributed by atoms with Crippen molar-refractivity contribution in [2.24, 2.45) is 0 Å². The van der Waals surface area contributed by atoms with Crippen LogP contribution in [-0.2, 0) is 21.2 Å². The molecule has 0 fully saturated rings. The van der Waals surface area contributed by atoms with Crippen LogP contribution in [0.1, 0.15) is 5.56 Å². The van der Waals surface area contributed by atoms with Gasteiger partial charge < -0.3 is 4.84 Å². The normalized spacial score (nSPS) is 11.8. The molecule has 0 aliphatic heterocycles. The fourth-order valence-electron chi connectivity index (χ4n) is 1.22. The Balaban J connectivity index is 3.18. The third-order valence-electron chi connectivity index (χ3n) is 1.85. The minimum Gasteiger partial charge on any atom is -0.305 e. The summed E-state index contributed by atoms with van der Waals surface area (Å²) < 4.78 is 36.0. The van der Waals surface area contributed by atoms with Crippen molar-refractivity contribution in [3.05, 3.63) is 28.5 Å². The van der Waals surface area contributed by atoms with Crippen molar-refractivity contribution in [2.75, 3.05) is 13.4 Å². The smallest absolute Gasteiger partial charge is 0.179 e. The number of hydrogen-bond donors (Lipinski definition) is 1. The summed E-state index contributed by atoms with van der Waals surface area (Å²) in [6, 6.07) is 2.49. The lowest BCUT2D eigenvalue weighted by Gasteiger charge is -2.07. The summed E-state index contributed by atoms with van der Waals surface area (Å²) in [5.41, 5.74) is 3.00. The van der Waals surface area contributed by atoms with Crippen LogP contribution in [0, 0.1) is 5.82 Å². The van der Waals surface area contributed by atoms with Gasteiger partial charge in [-0.05, 0) is 17.7 Å². The standard InChI is InChI=1S/C9H11ClFNO3S/c1-15-12-5-6-3-7(10)9(8(11)4-6)16(2,13)14/h3-4,12H,5H2,1-2H3. The first-order valence-corrected chi connectivity index (χ1v) is 6.57. The summed E-state index contributed by atoms with van der Waals surface area (Å²) >= 11 is 5.71. The Hall–Kier alpha value is -0.690. The number of halogens is 2. The van der Waals surface area contributed by atoms with E-state index >= 15 is 0 Å². The van der Waals surface area contributed by atoms with Gasteiger partial charge in [0.25, 0.3) is 0 Å². The molecular formula is C9H11ClFNO3S. The van der Waals surface area contributed by atoms with Crippen molar-refractivity contribution >= 4 is 21.4 Å². The van der Waals surface area contributed by atoms with Crippen LogP contribution < -0.4 is 5.48 Å². The van der Waals surface area contributed by atoms with Crippen LogP contribution in [0.2, 0.25) is 5.02 Å². The zero-order valence-corrected chi connectivity index (χ0v) is 10.3. The summed E-state index contributed by atoms with van der Waals surface area (Å²) in [4.78, 5) is 4.11. The molecule has 0 unspecified atom stereocenters. The molecule has 0 atom stereocenters. The van der Waals surface area contributed by atoms with Gasteiger partial charge in [-0.25, -0.2) is 12.8 Å². The van der Waals surface area contributed by atoms with E-state index in [0.717, 1.165) is 12.3 Å². The third-order valence-corrected chi connectivity index (χ3v) is 3.42. The van der Waals surface area contributed by atoms with E-state index in [4.69, 9.17) is 11.6 Å². The van der Waals surface area contributed by atoms with E-state index < -0.39 is 20.5 Å². The van der Waals surface area contributed by atoms with Crippen LogP contribution in [0.5, 0.6) is 0 Å². The Labute approximate surface area is 98.2 Å². The predicted octanol–water partition coefficient (Wildman–Crippen LogP) is 1.53. The molecule has 0 heterocycles. The molecule has 1 rings (SSSR count). The highest BCUT2D eigenvalue weighted by Gasteiger charge is 2.18. The first-order valence-electron chi connectivity index (χ1n) is 4.30. The Morgan fingerprint density at radius 3 is 2.56 bits per heavy atom. The summed E-state index contributed by atoms with van der Waals surface area (Å²) in [7, 11) is -2.24. The van der Waals surface area contributed by atoms with Crippen LogP contribution in [0.15, 0.2) is 17.0 Å².